The summed E-state index contributed by atoms with van der Waals surface area (Å²) in [5.41, 5.74) is 2.46. The van der Waals surface area contributed by atoms with Gasteiger partial charge in [-0.3, -0.25) is 9.10 Å². The molecule has 1 amide bonds. The molecule has 5 nitrogen and oxygen atoms in total. The van der Waals surface area contributed by atoms with Crippen molar-refractivity contribution in [2.75, 3.05) is 21.9 Å². The zero-order valence-electron chi connectivity index (χ0n) is 14.3. The molecule has 7 heteroatoms. The lowest BCUT2D eigenvalue weighted by Gasteiger charge is -2.17. The molecule has 2 aromatic rings. The summed E-state index contributed by atoms with van der Waals surface area (Å²) in [5, 5.41) is 3.55. The third-order valence-corrected chi connectivity index (χ3v) is 6.44. The van der Waals surface area contributed by atoms with E-state index in [1.165, 1.54) is 4.31 Å². The maximum atomic E-state index is 12.1. The molecule has 0 atom stereocenters. The van der Waals surface area contributed by atoms with Gasteiger partial charge < -0.3 is 5.32 Å². The van der Waals surface area contributed by atoms with Crippen molar-refractivity contribution in [2.24, 2.45) is 0 Å². The summed E-state index contributed by atoms with van der Waals surface area (Å²) >= 11 is 5.85. The second-order valence-electron chi connectivity index (χ2n) is 6.32. The molecule has 0 aliphatic carbocycles. The molecule has 0 saturated carbocycles. The summed E-state index contributed by atoms with van der Waals surface area (Å²) in [6.45, 7) is 0.513. The second-order valence-corrected chi connectivity index (χ2v) is 8.77. The van der Waals surface area contributed by atoms with Crippen molar-refractivity contribution in [2.45, 2.75) is 25.7 Å². The molecule has 1 aliphatic rings. The Morgan fingerprint density at radius 2 is 1.77 bits per heavy atom. The Morgan fingerprint density at radius 1 is 1.08 bits per heavy atom. The molecule has 0 bridgehead atoms. The fourth-order valence-electron chi connectivity index (χ4n) is 2.97. The molecule has 26 heavy (non-hydrogen) atoms. The number of benzene rings is 2. The Morgan fingerprint density at radius 3 is 2.38 bits per heavy atom. The lowest BCUT2D eigenvalue weighted by Crippen LogP contribution is -2.24. The number of anilines is 2. The first kappa shape index (κ1) is 18.7. The second kappa shape index (κ2) is 8.10. The number of nitrogens with one attached hydrogen (secondary N) is 1. The first-order valence-corrected chi connectivity index (χ1v) is 10.6. The van der Waals surface area contributed by atoms with Crippen molar-refractivity contribution in [3.05, 3.63) is 59.1 Å². The van der Waals surface area contributed by atoms with Gasteiger partial charge in [0.05, 0.1) is 11.4 Å². The summed E-state index contributed by atoms with van der Waals surface area (Å²) in [4.78, 5) is 12.1. The van der Waals surface area contributed by atoms with Crippen molar-refractivity contribution in [1.82, 2.24) is 0 Å². The van der Waals surface area contributed by atoms with Gasteiger partial charge in [-0.1, -0.05) is 23.7 Å². The predicted molar refractivity (Wildman–Crippen MR) is 105 cm³/mol. The first-order valence-electron chi connectivity index (χ1n) is 8.59. The summed E-state index contributed by atoms with van der Waals surface area (Å²) < 4.78 is 25.3. The number of rotatable bonds is 6. The largest absolute Gasteiger partial charge is 0.326 e. The van der Waals surface area contributed by atoms with Gasteiger partial charge in [0.25, 0.3) is 0 Å². The van der Waals surface area contributed by atoms with Crippen LogP contribution in [0.3, 0.4) is 0 Å². The number of carbonyl (C=O) groups excluding carboxylic acids is 1. The third-order valence-electron chi connectivity index (χ3n) is 4.32. The molecule has 3 rings (SSSR count). The van der Waals surface area contributed by atoms with E-state index in [9.17, 15) is 13.2 Å². The zero-order valence-corrected chi connectivity index (χ0v) is 15.9. The molecule has 1 heterocycles. The maximum absolute atomic E-state index is 12.1. The van der Waals surface area contributed by atoms with Gasteiger partial charge >= 0.3 is 0 Å². The number of nitrogens with zero attached hydrogens (tertiary/aromatic N) is 1. The Balaban J connectivity index is 1.49. The minimum absolute atomic E-state index is 0.0551. The standard InChI is InChI=1S/C19H21ClN2O3S/c20-16-7-5-15(6-8-16)3-1-4-19(23)21-17-9-11-18(12-10-17)22-13-2-14-26(22,24)25/h5-12H,1-4,13-14H2,(H,21,23). The predicted octanol–water partition coefficient (Wildman–Crippen LogP) is 3.84. The van der Waals surface area contributed by atoms with Gasteiger partial charge in [0, 0.05) is 23.7 Å². The molecule has 0 aromatic heterocycles. The topological polar surface area (TPSA) is 66.5 Å². The van der Waals surface area contributed by atoms with Crippen molar-refractivity contribution >= 4 is 38.9 Å². The summed E-state index contributed by atoms with van der Waals surface area (Å²) in [6, 6.07) is 14.5. The van der Waals surface area contributed by atoms with Crippen molar-refractivity contribution in [3.8, 4) is 0 Å². The lowest BCUT2D eigenvalue weighted by molar-refractivity contribution is -0.116. The SMILES string of the molecule is O=C(CCCc1ccc(Cl)cc1)Nc1ccc(N2CCCS2(=O)=O)cc1. The van der Waals surface area contributed by atoms with E-state index < -0.39 is 10.0 Å². The molecule has 138 valence electrons. The van der Waals surface area contributed by atoms with Crippen LogP contribution in [0.4, 0.5) is 11.4 Å². The molecular weight excluding hydrogens is 372 g/mol. The summed E-state index contributed by atoms with van der Waals surface area (Å²) in [7, 11) is -3.18. The van der Waals surface area contributed by atoms with Crippen LogP contribution in [0.2, 0.25) is 5.02 Å². The van der Waals surface area contributed by atoms with Crippen molar-refractivity contribution in [1.29, 1.82) is 0 Å². The highest BCUT2D eigenvalue weighted by atomic mass is 35.5. The Labute approximate surface area is 159 Å². The average molecular weight is 393 g/mol. The fraction of sp³-hybridized carbons (Fsp3) is 0.316. The van der Waals surface area contributed by atoms with Crippen molar-refractivity contribution < 1.29 is 13.2 Å². The average Bonchev–Trinajstić information content (AvgIpc) is 2.97. The summed E-state index contributed by atoms with van der Waals surface area (Å²) in [6.07, 6.45) is 2.63. The quantitative estimate of drug-likeness (QED) is 0.812. The van der Waals surface area contributed by atoms with Crippen LogP contribution in [-0.2, 0) is 21.2 Å². The minimum Gasteiger partial charge on any atom is -0.326 e. The molecule has 2 aromatic carbocycles. The van der Waals surface area contributed by atoms with E-state index >= 15 is 0 Å². The van der Waals surface area contributed by atoms with Gasteiger partial charge in [-0.05, 0) is 61.2 Å². The minimum atomic E-state index is -3.18. The molecule has 1 fully saturated rings. The number of hydrogen-bond donors (Lipinski definition) is 1. The van der Waals surface area contributed by atoms with Gasteiger partial charge in [-0.25, -0.2) is 8.42 Å². The fourth-order valence-corrected chi connectivity index (χ4v) is 4.66. The molecule has 1 N–H and O–H groups in total. The van der Waals surface area contributed by atoms with E-state index in [-0.39, 0.29) is 11.7 Å². The highest BCUT2D eigenvalue weighted by Crippen LogP contribution is 2.25. The molecule has 1 saturated heterocycles. The number of hydrogen-bond acceptors (Lipinski definition) is 3. The summed E-state index contributed by atoms with van der Waals surface area (Å²) in [5.74, 6) is 0.138. The maximum Gasteiger partial charge on any atom is 0.235 e. The van der Waals surface area contributed by atoms with Gasteiger partial charge in [0.15, 0.2) is 0 Å². The molecule has 1 aliphatic heterocycles. The van der Waals surface area contributed by atoms with E-state index in [0.29, 0.717) is 35.8 Å². The van der Waals surface area contributed by atoms with Crippen LogP contribution >= 0.6 is 11.6 Å². The molecule has 0 spiro atoms. The Hall–Kier alpha value is -2.05. The van der Waals surface area contributed by atoms with E-state index in [1.54, 1.807) is 24.3 Å². The number of sulfonamides is 1. The number of carbonyl (C=O) groups is 1. The van der Waals surface area contributed by atoms with E-state index in [2.05, 4.69) is 5.32 Å². The van der Waals surface area contributed by atoms with Crippen LogP contribution in [0.15, 0.2) is 48.5 Å². The van der Waals surface area contributed by atoms with Crippen LogP contribution in [0.5, 0.6) is 0 Å². The molecule has 0 radical (unpaired) electrons. The highest BCUT2D eigenvalue weighted by Gasteiger charge is 2.28. The van der Waals surface area contributed by atoms with E-state index in [4.69, 9.17) is 11.6 Å². The monoisotopic (exact) mass is 392 g/mol. The molecular formula is C19H21ClN2O3S. The van der Waals surface area contributed by atoms with Gasteiger partial charge in [0.2, 0.25) is 15.9 Å². The Kier molecular flexibility index (Phi) is 5.84. The lowest BCUT2D eigenvalue weighted by atomic mass is 10.1. The Bertz CT molecular complexity index is 865. The van der Waals surface area contributed by atoms with Gasteiger partial charge in [0.1, 0.15) is 0 Å². The third kappa shape index (κ3) is 4.77. The number of aryl methyl sites for hydroxylation is 1. The van der Waals surface area contributed by atoms with Crippen molar-refractivity contribution in [3.63, 3.8) is 0 Å². The van der Waals surface area contributed by atoms with Crippen LogP contribution in [-0.4, -0.2) is 26.6 Å². The molecule has 0 unspecified atom stereocenters. The van der Waals surface area contributed by atoms with Crippen LogP contribution in [0.1, 0.15) is 24.8 Å². The van der Waals surface area contributed by atoms with Crippen LogP contribution in [0, 0.1) is 0 Å². The normalized spacial score (nSPS) is 15.8. The number of amides is 1. The van der Waals surface area contributed by atoms with E-state index in [0.717, 1.165) is 18.4 Å². The van der Waals surface area contributed by atoms with Crippen LogP contribution in [0.25, 0.3) is 0 Å². The van der Waals surface area contributed by atoms with Gasteiger partial charge in [-0.15, -0.1) is 0 Å². The van der Waals surface area contributed by atoms with E-state index in [1.807, 2.05) is 24.3 Å². The highest BCUT2D eigenvalue weighted by molar-refractivity contribution is 7.93. The van der Waals surface area contributed by atoms with Crippen LogP contribution < -0.4 is 9.62 Å². The zero-order chi connectivity index (χ0) is 18.6. The number of halogens is 1. The smallest absolute Gasteiger partial charge is 0.235 e. The van der Waals surface area contributed by atoms with Gasteiger partial charge in [-0.2, -0.15) is 0 Å². The first-order chi connectivity index (χ1) is 12.4.